The number of rotatable bonds is 6. The number of para-hydroxylation sites is 1. The Morgan fingerprint density at radius 2 is 1.81 bits per heavy atom. The Bertz CT molecular complexity index is 960. The number of aryl methyl sites for hydroxylation is 1. The van der Waals surface area contributed by atoms with Gasteiger partial charge in [0, 0.05) is 29.9 Å². The average Bonchev–Trinajstić information content (AvgIpc) is 2.69. The number of carbonyl (C=O) groups is 1. The Hall–Kier alpha value is -3.21. The lowest BCUT2D eigenvalue weighted by Crippen LogP contribution is -2.21. The third-order valence-electron chi connectivity index (χ3n) is 4.49. The molecule has 0 spiro atoms. The molecule has 2 aromatic carbocycles. The number of aromatic nitrogens is 1. The van der Waals surface area contributed by atoms with Crippen molar-refractivity contribution in [3.63, 3.8) is 0 Å². The number of nitrogens with one attached hydrogen (secondary N) is 1. The molecule has 0 aliphatic heterocycles. The van der Waals surface area contributed by atoms with Crippen molar-refractivity contribution in [2.45, 2.75) is 20.8 Å². The van der Waals surface area contributed by atoms with E-state index in [1.165, 1.54) is 5.69 Å². The minimum Gasteiger partial charge on any atom is -0.372 e. The summed E-state index contributed by atoms with van der Waals surface area (Å²) >= 11 is 0. The van der Waals surface area contributed by atoms with E-state index in [0.29, 0.717) is 5.56 Å². The van der Waals surface area contributed by atoms with Crippen molar-refractivity contribution in [1.82, 2.24) is 10.4 Å². The van der Waals surface area contributed by atoms with Gasteiger partial charge in [-0.1, -0.05) is 30.3 Å². The van der Waals surface area contributed by atoms with E-state index in [9.17, 15) is 4.79 Å². The summed E-state index contributed by atoms with van der Waals surface area (Å²) in [6.45, 7) is 8.10. The number of hydrogen-bond acceptors (Lipinski definition) is 4. The quantitative estimate of drug-likeness (QED) is 0.531. The van der Waals surface area contributed by atoms with Crippen LogP contribution in [0.3, 0.4) is 0 Å². The second-order valence-electron chi connectivity index (χ2n) is 6.29. The SMILES string of the molecule is CCN(CC)c1ccc(C=NNC(=O)c2cc(C)nc3ccccc23)cc1. The van der Waals surface area contributed by atoms with Crippen molar-refractivity contribution in [2.75, 3.05) is 18.0 Å². The van der Waals surface area contributed by atoms with E-state index in [1.54, 1.807) is 12.3 Å². The summed E-state index contributed by atoms with van der Waals surface area (Å²) in [5.74, 6) is -0.243. The minimum atomic E-state index is -0.243. The molecule has 1 N–H and O–H groups in total. The van der Waals surface area contributed by atoms with E-state index in [-0.39, 0.29) is 5.91 Å². The van der Waals surface area contributed by atoms with Gasteiger partial charge in [0.25, 0.3) is 5.91 Å². The summed E-state index contributed by atoms with van der Waals surface area (Å²) in [7, 11) is 0. The number of anilines is 1. The molecule has 5 heteroatoms. The largest absolute Gasteiger partial charge is 0.372 e. The first-order chi connectivity index (χ1) is 13.1. The average molecular weight is 360 g/mol. The van der Waals surface area contributed by atoms with E-state index in [4.69, 9.17) is 0 Å². The molecule has 0 saturated heterocycles. The number of amides is 1. The molecule has 0 bridgehead atoms. The molecule has 1 heterocycles. The molecule has 0 radical (unpaired) electrons. The fourth-order valence-corrected chi connectivity index (χ4v) is 3.08. The second-order valence-corrected chi connectivity index (χ2v) is 6.29. The summed E-state index contributed by atoms with van der Waals surface area (Å²) in [4.78, 5) is 19.3. The Morgan fingerprint density at radius 3 is 2.52 bits per heavy atom. The fraction of sp³-hybridized carbons (Fsp3) is 0.227. The highest BCUT2D eigenvalue weighted by Crippen LogP contribution is 2.18. The van der Waals surface area contributed by atoms with Gasteiger partial charge in [-0.15, -0.1) is 0 Å². The van der Waals surface area contributed by atoms with Crippen molar-refractivity contribution in [2.24, 2.45) is 5.10 Å². The van der Waals surface area contributed by atoms with Crippen LogP contribution in [-0.4, -0.2) is 30.2 Å². The van der Waals surface area contributed by atoms with Gasteiger partial charge in [0.1, 0.15) is 0 Å². The van der Waals surface area contributed by atoms with Crippen LogP contribution in [-0.2, 0) is 0 Å². The normalized spacial score (nSPS) is 11.1. The molecule has 3 rings (SSSR count). The first kappa shape index (κ1) is 18.6. The maximum absolute atomic E-state index is 12.6. The van der Waals surface area contributed by atoms with Gasteiger partial charge in [0.2, 0.25) is 0 Å². The van der Waals surface area contributed by atoms with E-state index in [2.05, 4.69) is 46.4 Å². The number of nitrogens with zero attached hydrogens (tertiary/aromatic N) is 3. The zero-order valence-electron chi connectivity index (χ0n) is 15.9. The maximum atomic E-state index is 12.6. The molecule has 0 unspecified atom stereocenters. The zero-order chi connectivity index (χ0) is 19.2. The highest BCUT2D eigenvalue weighted by Gasteiger charge is 2.11. The number of benzene rings is 2. The van der Waals surface area contributed by atoms with Crippen LogP contribution in [0.25, 0.3) is 10.9 Å². The van der Waals surface area contributed by atoms with Gasteiger partial charge in [0.15, 0.2) is 0 Å². The molecule has 5 nitrogen and oxygen atoms in total. The van der Waals surface area contributed by atoms with Crippen LogP contribution in [0.5, 0.6) is 0 Å². The number of hydrogen-bond donors (Lipinski definition) is 1. The van der Waals surface area contributed by atoms with E-state index < -0.39 is 0 Å². The van der Waals surface area contributed by atoms with Crippen LogP contribution in [0.1, 0.15) is 35.5 Å². The van der Waals surface area contributed by atoms with E-state index in [0.717, 1.165) is 35.2 Å². The lowest BCUT2D eigenvalue weighted by molar-refractivity contribution is 0.0956. The first-order valence-electron chi connectivity index (χ1n) is 9.17. The molecule has 0 atom stereocenters. The lowest BCUT2D eigenvalue weighted by Gasteiger charge is -2.20. The summed E-state index contributed by atoms with van der Waals surface area (Å²) < 4.78 is 0. The maximum Gasteiger partial charge on any atom is 0.272 e. The summed E-state index contributed by atoms with van der Waals surface area (Å²) in [6.07, 6.45) is 1.65. The number of carbonyl (C=O) groups excluding carboxylic acids is 1. The van der Waals surface area contributed by atoms with Gasteiger partial charge < -0.3 is 4.90 Å². The highest BCUT2D eigenvalue weighted by atomic mass is 16.2. The first-order valence-corrected chi connectivity index (χ1v) is 9.17. The second kappa shape index (κ2) is 8.45. The predicted octanol–water partition coefficient (Wildman–Crippen LogP) is 4.15. The smallest absolute Gasteiger partial charge is 0.272 e. The Labute approximate surface area is 159 Å². The molecule has 0 aliphatic carbocycles. The van der Waals surface area contributed by atoms with Crippen molar-refractivity contribution in [1.29, 1.82) is 0 Å². The van der Waals surface area contributed by atoms with Crippen molar-refractivity contribution >= 4 is 28.7 Å². The van der Waals surface area contributed by atoms with Crippen LogP contribution in [0.4, 0.5) is 5.69 Å². The van der Waals surface area contributed by atoms with Crippen LogP contribution in [0, 0.1) is 6.92 Å². The molecular formula is C22H24N4O. The van der Waals surface area contributed by atoms with Gasteiger partial charge in [-0.25, -0.2) is 5.43 Å². The Kier molecular flexibility index (Phi) is 5.81. The van der Waals surface area contributed by atoms with Gasteiger partial charge >= 0.3 is 0 Å². The molecular weight excluding hydrogens is 336 g/mol. The van der Waals surface area contributed by atoms with Crippen LogP contribution in [0.15, 0.2) is 59.7 Å². The van der Waals surface area contributed by atoms with Crippen molar-refractivity contribution in [3.8, 4) is 0 Å². The number of fused-ring (bicyclic) bond motifs is 1. The fourth-order valence-electron chi connectivity index (χ4n) is 3.08. The molecule has 138 valence electrons. The van der Waals surface area contributed by atoms with Crippen LogP contribution >= 0.6 is 0 Å². The third-order valence-corrected chi connectivity index (χ3v) is 4.49. The standard InChI is InChI=1S/C22H24N4O/c1-4-26(5-2)18-12-10-17(11-13-18)15-23-25-22(27)20-14-16(3)24-21-9-7-6-8-19(20)21/h6-15H,4-5H2,1-3H3,(H,25,27). The number of pyridine rings is 1. The predicted molar refractivity (Wildman–Crippen MR) is 112 cm³/mol. The van der Waals surface area contributed by atoms with Gasteiger partial charge in [0.05, 0.1) is 17.3 Å². The topological polar surface area (TPSA) is 57.6 Å². The van der Waals surface area contributed by atoms with E-state index in [1.807, 2.05) is 43.3 Å². The zero-order valence-corrected chi connectivity index (χ0v) is 15.9. The van der Waals surface area contributed by atoms with Gasteiger partial charge in [-0.3, -0.25) is 9.78 Å². The third kappa shape index (κ3) is 4.31. The van der Waals surface area contributed by atoms with Crippen LogP contribution < -0.4 is 10.3 Å². The number of hydrazone groups is 1. The minimum absolute atomic E-state index is 0.243. The molecule has 0 saturated carbocycles. The van der Waals surface area contributed by atoms with Gasteiger partial charge in [-0.2, -0.15) is 5.10 Å². The Morgan fingerprint density at radius 1 is 1.11 bits per heavy atom. The molecule has 1 amide bonds. The summed E-state index contributed by atoms with van der Waals surface area (Å²) in [6, 6.07) is 17.5. The van der Waals surface area contributed by atoms with Crippen LogP contribution in [0.2, 0.25) is 0 Å². The Balaban J connectivity index is 1.72. The molecule has 1 aromatic heterocycles. The lowest BCUT2D eigenvalue weighted by atomic mass is 10.1. The van der Waals surface area contributed by atoms with Crippen molar-refractivity contribution < 1.29 is 4.79 Å². The molecule has 27 heavy (non-hydrogen) atoms. The van der Waals surface area contributed by atoms with E-state index >= 15 is 0 Å². The summed E-state index contributed by atoms with van der Waals surface area (Å²) in [5, 5.41) is 4.93. The van der Waals surface area contributed by atoms with Crippen molar-refractivity contribution in [3.05, 3.63) is 71.4 Å². The molecule has 0 aliphatic rings. The molecule has 3 aromatic rings. The highest BCUT2D eigenvalue weighted by molar-refractivity contribution is 6.06. The monoisotopic (exact) mass is 360 g/mol. The van der Waals surface area contributed by atoms with Gasteiger partial charge in [-0.05, 0) is 50.6 Å². The summed E-state index contributed by atoms with van der Waals surface area (Å²) in [5.41, 5.74) is 6.91. The molecule has 0 fully saturated rings.